The van der Waals surface area contributed by atoms with Gasteiger partial charge in [-0.3, -0.25) is 14.4 Å². The number of carboxylic acids is 1. The zero-order valence-corrected chi connectivity index (χ0v) is 22.4. The quantitative estimate of drug-likeness (QED) is 0.274. The summed E-state index contributed by atoms with van der Waals surface area (Å²) in [6.07, 6.45) is 1.59. The summed E-state index contributed by atoms with van der Waals surface area (Å²) in [5.74, 6) is -2.52. The highest BCUT2D eigenvalue weighted by Gasteiger charge is 2.38. The van der Waals surface area contributed by atoms with E-state index in [4.69, 9.17) is 5.73 Å². The number of aromatic hydroxyl groups is 1. The third-order valence-corrected chi connectivity index (χ3v) is 6.79. The van der Waals surface area contributed by atoms with E-state index >= 15 is 0 Å². The van der Waals surface area contributed by atoms with Crippen LogP contribution in [0.15, 0.2) is 54.6 Å². The molecule has 1 aliphatic rings. The molecular weight excluding hydrogens is 500 g/mol. The van der Waals surface area contributed by atoms with Crippen molar-refractivity contribution in [1.82, 2.24) is 15.5 Å². The molecule has 1 heterocycles. The lowest BCUT2D eigenvalue weighted by molar-refractivity contribution is -0.149. The van der Waals surface area contributed by atoms with Crippen LogP contribution in [0.2, 0.25) is 0 Å². The molecule has 210 valence electrons. The Morgan fingerprint density at radius 3 is 2.15 bits per heavy atom. The van der Waals surface area contributed by atoms with Crippen LogP contribution >= 0.6 is 0 Å². The number of nitrogens with two attached hydrogens (primary N) is 1. The van der Waals surface area contributed by atoms with E-state index in [0.717, 1.165) is 5.56 Å². The highest BCUT2D eigenvalue weighted by Crippen LogP contribution is 2.20. The van der Waals surface area contributed by atoms with Crippen molar-refractivity contribution in [2.45, 2.75) is 70.1 Å². The molecule has 0 aromatic heterocycles. The zero-order chi connectivity index (χ0) is 28.5. The van der Waals surface area contributed by atoms with Gasteiger partial charge in [-0.1, -0.05) is 56.3 Å². The van der Waals surface area contributed by atoms with Gasteiger partial charge in [0.25, 0.3) is 0 Å². The van der Waals surface area contributed by atoms with Gasteiger partial charge in [0.1, 0.15) is 23.9 Å². The monoisotopic (exact) mass is 538 g/mol. The first-order valence-electron chi connectivity index (χ1n) is 13.3. The van der Waals surface area contributed by atoms with Gasteiger partial charge in [-0.2, -0.15) is 0 Å². The first-order valence-corrected chi connectivity index (χ1v) is 13.3. The van der Waals surface area contributed by atoms with Crippen LogP contribution in [-0.4, -0.2) is 69.5 Å². The van der Waals surface area contributed by atoms with Crippen molar-refractivity contribution in [2.75, 3.05) is 6.54 Å². The van der Waals surface area contributed by atoms with E-state index in [1.165, 1.54) is 17.0 Å². The number of carbonyl (C=O) groups excluding carboxylic acids is 3. The molecule has 0 aliphatic carbocycles. The van der Waals surface area contributed by atoms with Crippen LogP contribution in [0, 0.1) is 5.92 Å². The molecule has 4 atom stereocenters. The second-order valence-corrected chi connectivity index (χ2v) is 10.4. The number of phenols is 1. The number of carbonyl (C=O) groups is 4. The molecule has 0 radical (unpaired) electrons. The van der Waals surface area contributed by atoms with Crippen LogP contribution < -0.4 is 16.4 Å². The van der Waals surface area contributed by atoms with Crippen LogP contribution in [0.5, 0.6) is 5.75 Å². The highest BCUT2D eigenvalue weighted by molar-refractivity contribution is 5.94. The minimum Gasteiger partial charge on any atom is -0.508 e. The molecule has 39 heavy (non-hydrogen) atoms. The van der Waals surface area contributed by atoms with Gasteiger partial charge >= 0.3 is 5.97 Å². The molecule has 1 fully saturated rings. The molecule has 2 aromatic rings. The Bertz CT molecular complexity index is 1140. The molecule has 10 heteroatoms. The SMILES string of the molecule is CC(C)CC(NC(=O)C(N)Cc1ccccc1)C(=O)NC(Cc1ccc(O)cc1)C(=O)N1CCCC1C(=O)O. The summed E-state index contributed by atoms with van der Waals surface area (Å²) in [5.41, 5.74) is 7.70. The fourth-order valence-electron chi connectivity index (χ4n) is 4.77. The van der Waals surface area contributed by atoms with Crippen molar-refractivity contribution in [3.05, 3.63) is 65.7 Å². The Balaban J connectivity index is 1.78. The Hall–Kier alpha value is -3.92. The van der Waals surface area contributed by atoms with E-state index in [1.54, 1.807) is 12.1 Å². The first kappa shape index (κ1) is 29.6. The molecule has 0 saturated carbocycles. The summed E-state index contributed by atoms with van der Waals surface area (Å²) in [5, 5.41) is 24.8. The van der Waals surface area contributed by atoms with Crippen LogP contribution in [0.3, 0.4) is 0 Å². The van der Waals surface area contributed by atoms with E-state index in [9.17, 15) is 29.4 Å². The van der Waals surface area contributed by atoms with E-state index in [2.05, 4.69) is 10.6 Å². The number of amides is 3. The molecule has 3 rings (SSSR count). The van der Waals surface area contributed by atoms with Crippen molar-refractivity contribution in [1.29, 1.82) is 0 Å². The van der Waals surface area contributed by atoms with Gasteiger partial charge < -0.3 is 31.5 Å². The summed E-state index contributed by atoms with van der Waals surface area (Å²) in [6.45, 7) is 4.10. The fraction of sp³-hybridized carbons (Fsp3) is 0.448. The third-order valence-electron chi connectivity index (χ3n) is 6.79. The molecule has 10 nitrogen and oxygen atoms in total. The first-order chi connectivity index (χ1) is 18.5. The number of benzene rings is 2. The molecule has 0 bridgehead atoms. The molecule has 3 amide bonds. The zero-order valence-electron chi connectivity index (χ0n) is 22.4. The average Bonchev–Trinajstić information content (AvgIpc) is 3.39. The highest BCUT2D eigenvalue weighted by atomic mass is 16.4. The minimum atomic E-state index is -1.09. The molecule has 4 unspecified atom stereocenters. The van der Waals surface area contributed by atoms with E-state index in [-0.39, 0.29) is 24.6 Å². The van der Waals surface area contributed by atoms with E-state index in [0.29, 0.717) is 31.2 Å². The summed E-state index contributed by atoms with van der Waals surface area (Å²) in [7, 11) is 0. The van der Waals surface area contributed by atoms with Gasteiger partial charge in [0.2, 0.25) is 17.7 Å². The Morgan fingerprint density at radius 1 is 0.923 bits per heavy atom. The normalized spacial score (nSPS) is 17.3. The predicted molar refractivity (Wildman–Crippen MR) is 146 cm³/mol. The van der Waals surface area contributed by atoms with Crippen LogP contribution in [-0.2, 0) is 32.0 Å². The standard InChI is InChI=1S/C29H38N4O6/c1-18(2)15-23(31-26(35)22(30)16-19-7-4-3-5-8-19)27(36)32-24(17-20-10-12-21(34)13-11-20)28(37)33-14-6-9-25(33)29(38)39/h3-5,7-8,10-13,18,22-25,34H,6,9,14-17,30H2,1-2H3,(H,31,35)(H,32,36)(H,38,39). The number of phenolic OH excluding ortho intramolecular Hbond substituents is 1. The van der Waals surface area contributed by atoms with Gasteiger partial charge in [-0.15, -0.1) is 0 Å². The van der Waals surface area contributed by atoms with Crippen molar-refractivity contribution in [2.24, 2.45) is 11.7 Å². The Morgan fingerprint density at radius 2 is 1.54 bits per heavy atom. The van der Waals surface area contributed by atoms with Crippen LogP contribution in [0.4, 0.5) is 0 Å². The topological polar surface area (TPSA) is 162 Å². The summed E-state index contributed by atoms with van der Waals surface area (Å²) in [4.78, 5) is 53.0. The second-order valence-electron chi connectivity index (χ2n) is 10.4. The Kier molecular flexibility index (Phi) is 10.4. The van der Waals surface area contributed by atoms with E-state index in [1.807, 2.05) is 44.2 Å². The Labute approximate surface area is 228 Å². The number of hydrogen-bond acceptors (Lipinski definition) is 6. The molecule has 2 aromatic carbocycles. The number of hydrogen-bond donors (Lipinski definition) is 5. The molecule has 0 spiro atoms. The van der Waals surface area contributed by atoms with E-state index < -0.39 is 47.9 Å². The number of carboxylic acid groups (broad SMARTS) is 1. The summed E-state index contributed by atoms with van der Waals surface area (Å²) < 4.78 is 0. The maximum Gasteiger partial charge on any atom is 0.326 e. The van der Waals surface area contributed by atoms with Gasteiger partial charge in [0, 0.05) is 13.0 Å². The van der Waals surface area contributed by atoms with Crippen LogP contribution in [0.1, 0.15) is 44.2 Å². The van der Waals surface area contributed by atoms with Crippen molar-refractivity contribution < 1.29 is 29.4 Å². The lowest BCUT2D eigenvalue weighted by Crippen LogP contribution is -2.58. The van der Waals surface area contributed by atoms with Gasteiger partial charge in [-0.05, 0) is 54.9 Å². The largest absolute Gasteiger partial charge is 0.508 e. The lowest BCUT2D eigenvalue weighted by atomic mass is 9.99. The lowest BCUT2D eigenvalue weighted by Gasteiger charge is -2.29. The van der Waals surface area contributed by atoms with Crippen molar-refractivity contribution >= 4 is 23.7 Å². The smallest absolute Gasteiger partial charge is 0.326 e. The second kappa shape index (κ2) is 13.7. The minimum absolute atomic E-state index is 0.0487. The average molecular weight is 539 g/mol. The number of nitrogens with zero attached hydrogens (tertiary/aromatic N) is 1. The number of likely N-dealkylation sites (tertiary alicyclic amines) is 1. The molecule has 6 N–H and O–H groups in total. The van der Waals surface area contributed by atoms with Crippen molar-refractivity contribution in [3.8, 4) is 5.75 Å². The van der Waals surface area contributed by atoms with Gasteiger partial charge in [-0.25, -0.2) is 4.79 Å². The van der Waals surface area contributed by atoms with Gasteiger partial charge in [0.05, 0.1) is 6.04 Å². The number of nitrogens with one attached hydrogen (secondary N) is 2. The maximum atomic E-state index is 13.5. The predicted octanol–water partition coefficient (Wildman–Crippen LogP) is 1.60. The number of aliphatic carboxylic acids is 1. The van der Waals surface area contributed by atoms with Crippen molar-refractivity contribution in [3.63, 3.8) is 0 Å². The molecular formula is C29H38N4O6. The fourth-order valence-corrected chi connectivity index (χ4v) is 4.77. The maximum absolute atomic E-state index is 13.5. The number of rotatable bonds is 12. The summed E-state index contributed by atoms with van der Waals surface area (Å²) in [6, 6.07) is 11.7. The van der Waals surface area contributed by atoms with Crippen LogP contribution in [0.25, 0.3) is 0 Å². The molecule has 1 saturated heterocycles. The third kappa shape index (κ3) is 8.54. The summed E-state index contributed by atoms with van der Waals surface area (Å²) >= 11 is 0. The molecule has 1 aliphatic heterocycles. The van der Waals surface area contributed by atoms with Gasteiger partial charge in [0.15, 0.2) is 0 Å².